The highest BCUT2D eigenvalue weighted by Crippen LogP contribution is 2.17. The van der Waals surface area contributed by atoms with Crippen molar-refractivity contribution in [2.75, 3.05) is 6.61 Å². The molecule has 0 aromatic rings. The van der Waals surface area contributed by atoms with Gasteiger partial charge in [-0.2, -0.15) is 0 Å². The van der Waals surface area contributed by atoms with Crippen molar-refractivity contribution in [3.63, 3.8) is 0 Å². The second kappa shape index (κ2) is 56.2. The maximum Gasteiger partial charge on any atom is 0.249 e. The highest BCUT2D eigenvalue weighted by molar-refractivity contribution is 5.80. The molecule has 0 aliphatic heterocycles. The molecule has 0 aromatic heterocycles. The van der Waals surface area contributed by atoms with Crippen LogP contribution in [0.2, 0.25) is 0 Å². The fraction of sp³-hybridized carbons (Fsp3) is 0.855. The standard InChI is InChI=1S/C62H117NO5/c1-3-5-7-9-11-13-15-17-19-21-23-25-26-27-28-29-30-31-32-33-34-35-36-38-39-41-43-45-47-49-51-53-55-59(65)61(67)58(57-64)63-62(68)60(66)56-54-52-50-48-46-44-42-40-37-24-22-20-18-16-14-12-10-8-6-4-2/h34-35,37,39-41,47,49,58-61,64-67H,3-33,36,38,42-46,48,50-57H2,1-2H3,(H,63,68)/b35-34+,40-37-,41-39+,49-47+. The molecule has 5 N–H and O–H groups in total. The molecule has 0 fully saturated rings. The van der Waals surface area contributed by atoms with Crippen LogP contribution < -0.4 is 5.32 Å². The molecule has 68 heavy (non-hydrogen) atoms. The van der Waals surface area contributed by atoms with Crippen LogP contribution in [0.4, 0.5) is 0 Å². The molecular formula is C62H117NO5. The number of carbonyl (C=O) groups is 1. The van der Waals surface area contributed by atoms with Gasteiger partial charge in [-0.15, -0.1) is 0 Å². The first-order valence-corrected chi connectivity index (χ1v) is 30.0. The first-order chi connectivity index (χ1) is 33.5. The van der Waals surface area contributed by atoms with E-state index < -0.39 is 36.9 Å². The zero-order valence-electron chi connectivity index (χ0n) is 45.4. The highest BCUT2D eigenvalue weighted by atomic mass is 16.3. The summed E-state index contributed by atoms with van der Waals surface area (Å²) in [6, 6.07) is -1.02. The smallest absolute Gasteiger partial charge is 0.249 e. The summed E-state index contributed by atoms with van der Waals surface area (Å²) in [4.78, 5) is 12.6. The molecule has 400 valence electrons. The number of hydrogen-bond acceptors (Lipinski definition) is 5. The van der Waals surface area contributed by atoms with Crippen LogP contribution >= 0.6 is 0 Å². The van der Waals surface area contributed by atoms with Gasteiger partial charge in [-0.3, -0.25) is 4.79 Å². The van der Waals surface area contributed by atoms with Crippen molar-refractivity contribution in [1.82, 2.24) is 5.32 Å². The number of rotatable bonds is 55. The largest absolute Gasteiger partial charge is 0.394 e. The van der Waals surface area contributed by atoms with Gasteiger partial charge in [0, 0.05) is 0 Å². The Morgan fingerprint density at radius 1 is 0.353 bits per heavy atom. The Balaban J connectivity index is 3.69. The first-order valence-electron chi connectivity index (χ1n) is 30.0. The number of carbonyl (C=O) groups excluding carboxylic acids is 1. The van der Waals surface area contributed by atoms with Crippen LogP contribution in [0.25, 0.3) is 0 Å². The molecule has 4 atom stereocenters. The molecule has 0 aromatic carbocycles. The van der Waals surface area contributed by atoms with Gasteiger partial charge in [0.05, 0.1) is 18.8 Å². The van der Waals surface area contributed by atoms with E-state index in [9.17, 15) is 25.2 Å². The summed E-state index contributed by atoms with van der Waals surface area (Å²) in [6.45, 7) is 4.07. The maximum absolute atomic E-state index is 12.6. The van der Waals surface area contributed by atoms with E-state index in [4.69, 9.17) is 0 Å². The van der Waals surface area contributed by atoms with Crippen molar-refractivity contribution in [3.05, 3.63) is 48.6 Å². The van der Waals surface area contributed by atoms with Gasteiger partial charge < -0.3 is 25.7 Å². The van der Waals surface area contributed by atoms with Gasteiger partial charge in [0.25, 0.3) is 0 Å². The van der Waals surface area contributed by atoms with Crippen LogP contribution in [0.3, 0.4) is 0 Å². The summed E-state index contributed by atoms with van der Waals surface area (Å²) in [6.07, 6.45) is 72.0. The average molecular weight is 957 g/mol. The van der Waals surface area contributed by atoms with Crippen LogP contribution in [-0.2, 0) is 4.79 Å². The normalized spacial score (nSPS) is 14.0. The van der Waals surface area contributed by atoms with E-state index in [1.165, 1.54) is 212 Å². The molecule has 0 rings (SSSR count). The lowest BCUT2D eigenvalue weighted by molar-refractivity contribution is -0.132. The predicted molar refractivity (Wildman–Crippen MR) is 297 cm³/mol. The Labute approximate surface area is 423 Å². The van der Waals surface area contributed by atoms with Gasteiger partial charge in [0.15, 0.2) is 0 Å². The zero-order chi connectivity index (χ0) is 49.5. The Hall–Kier alpha value is -1.73. The first kappa shape index (κ1) is 66.3. The lowest BCUT2D eigenvalue weighted by Crippen LogP contribution is -2.53. The Kier molecular flexibility index (Phi) is 54.8. The van der Waals surface area contributed by atoms with E-state index in [2.05, 4.69) is 67.8 Å². The van der Waals surface area contributed by atoms with Crippen LogP contribution in [-0.4, -0.2) is 57.3 Å². The van der Waals surface area contributed by atoms with E-state index in [1.807, 2.05) is 0 Å². The minimum atomic E-state index is -1.30. The van der Waals surface area contributed by atoms with Crippen molar-refractivity contribution in [1.29, 1.82) is 0 Å². The summed E-state index contributed by atoms with van der Waals surface area (Å²) in [5.74, 6) is -0.602. The number of hydrogen-bond donors (Lipinski definition) is 5. The molecule has 0 heterocycles. The third-order valence-corrected chi connectivity index (χ3v) is 14.0. The fourth-order valence-electron chi connectivity index (χ4n) is 9.26. The lowest BCUT2D eigenvalue weighted by atomic mass is 10.00. The quantitative estimate of drug-likeness (QED) is 0.0308. The molecule has 0 radical (unpaired) electrons. The monoisotopic (exact) mass is 956 g/mol. The lowest BCUT2D eigenvalue weighted by Gasteiger charge is -2.27. The van der Waals surface area contributed by atoms with Crippen molar-refractivity contribution in [2.24, 2.45) is 0 Å². The molecule has 0 spiro atoms. The zero-order valence-corrected chi connectivity index (χ0v) is 45.4. The van der Waals surface area contributed by atoms with Crippen LogP contribution in [0, 0.1) is 0 Å². The molecule has 0 saturated heterocycles. The summed E-state index contributed by atoms with van der Waals surface area (Å²) in [7, 11) is 0. The van der Waals surface area contributed by atoms with Gasteiger partial charge in [-0.25, -0.2) is 0 Å². The fourth-order valence-corrected chi connectivity index (χ4v) is 9.26. The number of nitrogens with one attached hydrogen (secondary N) is 1. The predicted octanol–water partition coefficient (Wildman–Crippen LogP) is 17.8. The van der Waals surface area contributed by atoms with Crippen molar-refractivity contribution >= 4 is 5.91 Å². The van der Waals surface area contributed by atoms with Gasteiger partial charge >= 0.3 is 0 Å². The topological polar surface area (TPSA) is 110 Å². The van der Waals surface area contributed by atoms with Gasteiger partial charge in [0.2, 0.25) is 5.91 Å². The molecule has 0 aliphatic carbocycles. The third kappa shape index (κ3) is 49.3. The molecule has 6 nitrogen and oxygen atoms in total. The number of unbranched alkanes of at least 4 members (excludes halogenated alkanes) is 38. The molecule has 1 amide bonds. The van der Waals surface area contributed by atoms with Crippen LogP contribution in [0.1, 0.15) is 309 Å². The van der Waals surface area contributed by atoms with E-state index in [-0.39, 0.29) is 0 Å². The van der Waals surface area contributed by atoms with E-state index in [0.29, 0.717) is 19.3 Å². The third-order valence-electron chi connectivity index (χ3n) is 14.0. The Bertz CT molecular complexity index is 1120. The molecule has 4 unspecified atom stereocenters. The minimum Gasteiger partial charge on any atom is -0.394 e. The van der Waals surface area contributed by atoms with Crippen LogP contribution in [0.5, 0.6) is 0 Å². The molecule has 0 aliphatic rings. The van der Waals surface area contributed by atoms with Crippen molar-refractivity contribution < 1.29 is 25.2 Å². The molecular weight excluding hydrogens is 839 g/mol. The molecule has 0 bridgehead atoms. The molecule has 6 heteroatoms. The highest BCUT2D eigenvalue weighted by Gasteiger charge is 2.28. The number of amides is 1. The van der Waals surface area contributed by atoms with Crippen molar-refractivity contribution in [2.45, 2.75) is 334 Å². The molecule has 0 saturated carbocycles. The van der Waals surface area contributed by atoms with Gasteiger partial charge in [-0.1, -0.05) is 268 Å². The second-order valence-corrected chi connectivity index (χ2v) is 20.7. The number of aliphatic hydroxyl groups is 4. The van der Waals surface area contributed by atoms with E-state index in [0.717, 1.165) is 64.2 Å². The summed E-state index contributed by atoms with van der Waals surface area (Å²) < 4.78 is 0. The maximum atomic E-state index is 12.6. The second-order valence-electron chi connectivity index (χ2n) is 20.7. The summed E-state index contributed by atoms with van der Waals surface area (Å²) >= 11 is 0. The Morgan fingerprint density at radius 3 is 0.926 bits per heavy atom. The van der Waals surface area contributed by atoms with Crippen molar-refractivity contribution in [3.8, 4) is 0 Å². The van der Waals surface area contributed by atoms with E-state index >= 15 is 0 Å². The van der Waals surface area contributed by atoms with Crippen LogP contribution in [0.15, 0.2) is 48.6 Å². The summed E-state index contributed by atoms with van der Waals surface area (Å²) in [5, 5.41) is 44.0. The van der Waals surface area contributed by atoms with Gasteiger partial charge in [-0.05, 0) is 89.9 Å². The number of allylic oxidation sites excluding steroid dienone is 8. The SMILES string of the molecule is CCCCCCCCCCCC/C=C\CCCCCCCCC(O)C(=O)NC(CO)C(O)C(O)CCC/C=C/CC/C=C/CC/C=C/CCCCCCCCCCCCCCCCCCCCC. The van der Waals surface area contributed by atoms with Gasteiger partial charge in [0.1, 0.15) is 12.2 Å². The number of aliphatic hydroxyl groups excluding tert-OH is 4. The van der Waals surface area contributed by atoms with E-state index in [1.54, 1.807) is 0 Å². The Morgan fingerprint density at radius 2 is 0.618 bits per heavy atom. The average Bonchev–Trinajstić information content (AvgIpc) is 3.34. The summed E-state index contributed by atoms with van der Waals surface area (Å²) in [5.41, 5.74) is 0. The minimum absolute atomic E-state index is 0.351.